The standard InChI is InChI=1S/C12H9ClFN3O/c13-7-3-6(4-8(14)5-7)10-2-1-9(15)11(17-10)12(16)18/h1-5H,15H2,(H2,16,18). The third kappa shape index (κ3) is 2.41. The second-order valence-corrected chi connectivity index (χ2v) is 4.09. The minimum Gasteiger partial charge on any atom is -0.397 e. The van der Waals surface area contributed by atoms with E-state index >= 15 is 0 Å². The Hall–Kier alpha value is -2.14. The van der Waals surface area contributed by atoms with E-state index in [1.807, 2.05) is 0 Å². The van der Waals surface area contributed by atoms with Crippen molar-refractivity contribution < 1.29 is 9.18 Å². The number of nitrogens with zero attached hydrogens (tertiary/aromatic N) is 1. The number of rotatable bonds is 2. The number of nitrogens with two attached hydrogens (primary N) is 2. The lowest BCUT2D eigenvalue weighted by Gasteiger charge is -2.06. The van der Waals surface area contributed by atoms with Crippen LogP contribution in [-0.4, -0.2) is 10.9 Å². The topological polar surface area (TPSA) is 82.0 Å². The Morgan fingerprint density at radius 3 is 2.61 bits per heavy atom. The minimum absolute atomic E-state index is 0.0483. The van der Waals surface area contributed by atoms with Gasteiger partial charge in [0.15, 0.2) is 5.69 Å². The molecule has 0 radical (unpaired) electrons. The van der Waals surface area contributed by atoms with Gasteiger partial charge in [-0.15, -0.1) is 0 Å². The van der Waals surface area contributed by atoms with Crippen molar-refractivity contribution in [2.45, 2.75) is 0 Å². The van der Waals surface area contributed by atoms with Crippen LogP contribution in [0.1, 0.15) is 10.5 Å². The normalized spacial score (nSPS) is 10.3. The largest absolute Gasteiger partial charge is 0.397 e. The summed E-state index contributed by atoms with van der Waals surface area (Å²) in [6.07, 6.45) is 0. The van der Waals surface area contributed by atoms with Crippen molar-refractivity contribution in [3.05, 3.63) is 46.9 Å². The van der Waals surface area contributed by atoms with E-state index in [0.717, 1.165) is 0 Å². The number of carbonyl (C=O) groups is 1. The van der Waals surface area contributed by atoms with Gasteiger partial charge >= 0.3 is 0 Å². The van der Waals surface area contributed by atoms with E-state index in [1.165, 1.54) is 24.3 Å². The van der Waals surface area contributed by atoms with Crippen molar-refractivity contribution in [2.75, 3.05) is 5.73 Å². The van der Waals surface area contributed by atoms with E-state index in [-0.39, 0.29) is 16.4 Å². The Labute approximate surface area is 107 Å². The monoisotopic (exact) mass is 265 g/mol. The molecule has 4 nitrogen and oxygen atoms in total. The van der Waals surface area contributed by atoms with Crippen molar-refractivity contribution in [2.24, 2.45) is 5.73 Å². The number of halogens is 2. The molecule has 0 aliphatic heterocycles. The molecule has 0 saturated heterocycles. The quantitative estimate of drug-likeness (QED) is 0.873. The maximum absolute atomic E-state index is 13.2. The van der Waals surface area contributed by atoms with Crippen molar-refractivity contribution in [1.82, 2.24) is 4.98 Å². The number of nitrogen functional groups attached to an aromatic ring is 1. The Morgan fingerprint density at radius 2 is 2.00 bits per heavy atom. The first kappa shape index (κ1) is 12.3. The fourth-order valence-corrected chi connectivity index (χ4v) is 1.75. The maximum atomic E-state index is 13.2. The van der Waals surface area contributed by atoms with Crippen LogP contribution in [0, 0.1) is 5.82 Å². The molecule has 4 N–H and O–H groups in total. The second kappa shape index (κ2) is 4.62. The third-order valence-electron chi connectivity index (χ3n) is 2.32. The average molecular weight is 266 g/mol. The molecule has 1 heterocycles. The molecule has 18 heavy (non-hydrogen) atoms. The Morgan fingerprint density at radius 1 is 1.28 bits per heavy atom. The molecule has 6 heteroatoms. The van der Waals surface area contributed by atoms with Gasteiger partial charge in [-0.05, 0) is 30.3 Å². The highest BCUT2D eigenvalue weighted by Crippen LogP contribution is 2.24. The molecule has 0 fully saturated rings. The first-order valence-electron chi connectivity index (χ1n) is 5.00. The van der Waals surface area contributed by atoms with Crippen molar-refractivity contribution in [3.8, 4) is 11.3 Å². The van der Waals surface area contributed by atoms with Crippen molar-refractivity contribution >= 4 is 23.2 Å². The summed E-state index contributed by atoms with van der Waals surface area (Å²) in [7, 11) is 0. The summed E-state index contributed by atoms with van der Waals surface area (Å²) in [4.78, 5) is 15.1. The SMILES string of the molecule is NC(=O)c1nc(-c2cc(F)cc(Cl)c2)ccc1N. The van der Waals surface area contributed by atoms with Crippen LogP contribution in [0.3, 0.4) is 0 Å². The zero-order valence-electron chi connectivity index (χ0n) is 9.15. The van der Waals surface area contributed by atoms with Crippen LogP contribution in [0.4, 0.5) is 10.1 Å². The number of pyridine rings is 1. The Kier molecular flexibility index (Phi) is 3.16. The summed E-state index contributed by atoms with van der Waals surface area (Å²) in [5.74, 6) is -1.23. The summed E-state index contributed by atoms with van der Waals surface area (Å²) in [5, 5.41) is 0.240. The molecule has 0 spiro atoms. The van der Waals surface area contributed by atoms with E-state index in [2.05, 4.69) is 4.98 Å². The lowest BCUT2D eigenvalue weighted by molar-refractivity contribution is 0.0996. The lowest BCUT2D eigenvalue weighted by atomic mass is 10.1. The molecule has 0 atom stereocenters. The highest BCUT2D eigenvalue weighted by Gasteiger charge is 2.10. The number of anilines is 1. The zero-order chi connectivity index (χ0) is 13.3. The maximum Gasteiger partial charge on any atom is 0.269 e. The van der Waals surface area contributed by atoms with E-state index in [4.69, 9.17) is 23.1 Å². The first-order chi connectivity index (χ1) is 8.47. The van der Waals surface area contributed by atoms with Crippen LogP contribution < -0.4 is 11.5 Å². The van der Waals surface area contributed by atoms with Crippen molar-refractivity contribution in [3.63, 3.8) is 0 Å². The van der Waals surface area contributed by atoms with Gasteiger partial charge in [0.05, 0.1) is 11.4 Å². The number of aromatic nitrogens is 1. The summed E-state index contributed by atoms with van der Waals surface area (Å²) in [6.45, 7) is 0. The molecule has 1 aromatic carbocycles. The van der Waals surface area contributed by atoms with Crippen LogP contribution in [0.15, 0.2) is 30.3 Å². The first-order valence-corrected chi connectivity index (χ1v) is 5.38. The molecule has 1 amide bonds. The molecule has 0 aliphatic carbocycles. The Balaban J connectivity index is 2.57. The van der Waals surface area contributed by atoms with E-state index in [9.17, 15) is 9.18 Å². The number of hydrogen-bond acceptors (Lipinski definition) is 3. The van der Waals surface area contributed by atoms with Crippen molar-refractivity contribution in [1.29, 1.82) is 0 Å². The molecule has 0 aliphatic rings. The van der Waals surface area contributed by atoms with Gasteiger partial charge in [0, 0.05) is 10.6 Å². The van der Waals surface area contributed by atoms with Crippen LogP contribution in [0.5, 0.6) is 0 Å². The van der Waals surface area contributed by atoms with Gasteiger partial charge in [-0.3, -0.25) is 4.79 Å². The number of carbonyl (C=O) groups excluding carboxylic acids is 1. The predicted molar refractivity (Wildman–Crippen MR) is 67.6 cm³/mol. The van der Waals surface area contributed by atoms with Gasteiger partial charge in [0.25, 0.3) is 5.91 Å². The second-order valence-electron chi connectivity index (χ2n) is 3.66. The number of primary amides is 1. The summed E-state index contributed by atoms with van der Waals surface area (Å²) < 4.78 is 13.2. The molecule has 2 aromatic rings. The molecular weight excluding hydrogens is 257 g/mol. The lowest BCUT2D eigenvalue weighted by Crippen LogP contribution is -2.15. The summed E-state index contributed by atoms with van der Waals surface area (Å²) >= 11 is 5.75. The number of benzene rings is 1. The molecule has 0 saturated carbocycles. The van der Waals surface area contributed by atoms with Gasteiger partial charge in [0.2, 0.25) is 0 Å². The molecule has 1 aromatic heterocycles. The highest BCUT2D eigenvalue weighted by molar-refractivity contribution is 6.30. The van der Waals surface area contributed by atoms with Crippen LogP contribution in [0.2, 0.25) is 5.02 Å². The Bertz CT molecular complexity index is 610. The molecular formula is C12H9ClFN3O. The molecule has 0 unspecified atom stereocenters. The fourth-order valence-electron chi connectivity index (χ4n) is 1.53. The van der Waals surface area contributed by atoms with Gasteiger partial charge in [-0.1, -0.05) is 11.6 Å². The number of hydrogen-bond donors (Lipinski definition) is 2. The van der Waals surface area contributed by atoms with Gasteiger partial charge in [-0.2, -0.15) is 0 Å². The molecule has 2 rings (SSSR count). The minimum atomic E-state index is -0.739. The van der Waals surface area contributed by atoms with Crippen LogP contribution in [-0.2, 0) is 0 Å². The smallest absolute Gasteiger partial charge is 0.269 e. The van der Waals surface area contributed by atoms with Crippen LogP contribution in [0.25, 0.3) is 11.3 Å². The van der Waals surface area contributed by atoms with Gasteiger partial charge in [0.1, 0.15) is 5.82 Å². The van der Waals surface area contributed by atoms with Gasteiger partial charge < -0.3 is 11.5 Å². The summed E-state index contributed by atoms with van der Waals surface area (Å²) in [6, 6.07) is 7.02. The van der Waals surface area contributed by atoms with E-state index in [0.29, 0.717) is 11.3 Å². The third-order valence-corrected chi connectivity index (χ3v) is 2.54. The van der Waals surface area contributed by atoms with E-state index in [1.54, 1.807) is 6.07 Å². The van der Waals surface area contributed by atoms with Crippen LogP contribution >= 0.6 is 11.6 Å². The molecule has 92 valence electrons. The predicted octanol–water partition coefficient (Wildman–Crippen LogP) is 2.22. The van der Waals surface area contributed by atoms with Gasteiger partial charge in [-0.25, -0.2) is 9.37 Å². The highest BCUT2D eigenvalue weighted by atomic mass is 35.5. The fraction of sp³-hybridized carbons (Fsp3) is 0. The van der Waals surface area contributed by atoms with E-state index < -0.39 is 11.7 Å². The zero-order valence-corrected chi connectivity index (χ0v) is 9.91. The molecule has 0 bridgehead atoms. The average Bonchev–Trinajstić information content (AvgIpc) is 2.27. The number of amides is 1. The summed E-state index contributed by atoms with van der Waals surface area (Å²) in [5.41, 5.74) is 11.7.